The molecule has 0 aromatic carbocycles. The van der Waals surface area contributed by atoms with E-state index in [1.807, 2.05) is 0 Å². The lowest BCUT2D eigenvalue weighted by Crippen LogP contribution is -2.17. The summed E-state index contributed by atoms with van der Waals surface area (Å²) in [5, 5.41) is 5.11. The van der Waals surface area contributed by atoms with Crippen LogP contribution in [0.25, 0.3) is 0 Å². The van der Waals surface area contributed by atoms with Crippen molar-refractivity contribution < 1.29 is 0 Å². The van der Waals surface area contributed by atoms with E-state index in [1.165, 1.54) is 43.4 Å². The van der Waals surface area contributed by atoms with E-state index in [4.69, 9.17) is 0 Å². The van der Waals surface area contributed by atoms with Crippen molar-refractivity contribution in [1.29, 1.82) is 0 Å². The van der Waals surface area contributed by atoms with Crippen LogP contribution in [0.1, 0.15) is 46.0 Å². The topological polar surface area (TPSA) is 3.24 Å². The molecule has 1 aliphatic heterocycles. The smallest absolute Gasteiger partial charge is 0.0146 e. The first-order chi connectivity index (χ1) is 9.03. The van der Waals surface area contributed by atoms with Crippen LogP contribution in [0.3, 0.4) is 0 Å². The second-order valence-electron chi connectivity index (χ2n) is 6.33. The van der Waals surface area contributed by atoms with Crippen molar-refractivity contribution in [3.63, 3.8) is 0 Å². The highest BCUT2D eigenvalue weighted by Crippen LogP contribution is 2.58. The molecule has 1 nitrogen and oxygen atoms in total. The summed E-state index contributed by atoms with van der Waals surface area (Å²) in [4.78, 5) is 0. The van der Waals surface area contributed by atoms with Crippen LogP contribution < -0.4 is 0 Å². The molecule has 1 atom stereocenters. The molecule has 1 fully saturated rings. The summed E-state index contributed by atoms with van der Waals surface area (Å²) < 4.78 is 2.44. The fourth-order valence-corrected chi connectivity index (χ4v) is 5.73. The van der Waals surface area contributed by atoms with E-state index in [0.717, 1.165) is 5.92 Å². The maximum Gasteiger partial charge on any atom is 0.0146 e. The third kappa shape index (κ3) is 3.55. The predicted octanol–water partition coefficient (Wildman–Crippen LogP) is 5.23. The molecule has 0 N–H and O–H groups in total. The molecule has 0 aromatic rings. The number of allylic oxidation sites excluding steroid dienone is 3. The van der Waals surface area contributed by atoms with E-state index in [9.17, 15) is 0 Å². The van der Waals surface area contributed by atoms with Gasteiger partial charge in [-0.1, -0.05) is 37.0 Å². The average Bonchev–Trinajstić information content (AvgIpc) is 2.83. The van der Waals surface area contributed by atoms with Gasteiger partial charge in [0, 0.05) is 5.75 Å². The van der Waals surface area contributed by atoms with E-state index in [0.29, 0.717) is 0 Å². The summed E-state index contributed by atoms with van der Waals surface area (Å²) in [6.07, 6.45) is 11.9. The van der Waals surface area contributed by atoms with Gasteiger partial charge in [-0.25, -0.2) is 0 Å². The minimum atomic E-state index is -0.857. The number of nitrogens with zero attached hydrogens (tertiary/aromatic N) is 1. The minimum absolute atomic E-state index is 0.839. The van der Waals surface area contributed by atoms with Crippen LogP contribution >= 0.6 is 10.2 Å². The van der Waals surface area contributed by atoms with Gasteiger partial charge in [-0.15, -0.1) is 10.2 Å². The largest absolute Gasteiger partial charge is 0.267 e. The van der Waals surface area contributed by atoms with Crippen molar-refractivity contribution in [2.45, 2.75) is 46.0 Å². The number of rotatable bonds is 4. The number of hydrogen-bond donors (Lipinski definition) is 0. The van der Waals surface area contributed by atoms with Crippen molar-refractivity contribution >= 4 is 10.2 Å². The van der Waals surface area contributed by atoms with Crippen LogP contribution in [0.15, 0.2) is 34.1 Å². The quantitative estimate of drug-likeness (QED) is 0.637. The van der Waals surface area contributed by atoms with E-state index >= 15 is 0 Å². The van der Waals surface area contributed by atoms with Crippen molar-refractivity contribution in [3.8, 4) is 0 Å². The van der Waals surface area contributed by atoms with Crippen LogP contribution in [0.2, 0.25) is 0 Å². The third-order valence-corrected chi connectivity index (χ3v) is 7.70. The molecule has 0 aromatic heterocycles. The van der Waals surface area contributed by atoms with Crippen LogP contribution in [-0.2, 0) is 0 Å². The van der Waals surface area contributed by atoms with Gasteiger partial charge in [-0.05, 0) is 63.1 Å². The summed E-state index contributed by atoms with van der Waals surface area (Å²) in [5.41, 5.74) is 3.06. The Hall–Kier alpha value is -0.470. The van der Waals surface area contributed by atoms with Crippen LogP contribution in [0.5, 0.6) is 0 Å². The lowest BCUT2D eigenvalue weighted by Gasteiger charge is -2.38. The Bertz CT molecular complexity index is 395. The molecule has 2 heteroatoms. The van der Waals surface area contributed by atoms with E-state index < -0.39 is 10.2 Å². The standard InChI is InChI=1S/C17H29NS/c1-15(2)10-12-19(18(3)4)13-11-17(14-19)16-8-6-5-7-9-16/h10-11,13-14,16H,5-9,12H2,1-4H3. The zero-order valence-corrected chi connectivity index (χ0v) is 13.8. The normalized spacial score (nSPS) is 31.1. The second-order valence-corrected chi connectivity index (χ2v) is 9.52. The van der Waals surface area contributed by atoms with Gasteiger partial charge in [0.15, 0.2) is 0 Å². The van der Waals surface area contributed by atoms with Crippen LogP contribution in [0.4, 0.5) is 0 Å². The third-order valence-electron chi connectivity index (χ3n) is 4.35. The highest BCUT2D eigenvalue weighted by atomic mass is 32.3. The average molecular weight is 279 g/mol. The van der Waals surface area contributed by atoms with Gasteiger partial charge in [-0.2, -0.15) is 0 Å². The molecule has 2 aliphatic rings. The predicted molar refractivity (Wildman–Crippen MR) is 89.4 cm³/mol. The van der Waals surface area contributed by atoms with Crippen LogP contribution in [0, 0.1) is 5.92 Å². The zero-order chi connectivity index (χ0) is 13.9. The molecule has 1 saturated carbocycles. The van der Waals surface area contributed by atoms with Crippen molar-refractivity contribution in [3.05, 3.63) is 34.1 Å². The Kier molecular flexibility index (Phi) is 4.97. The molecule has 1 unspecified atom stereocenters. The van der Waals surface area contributed by atoms with Crippen molar-refractivity contribution in [1.82, 2.24) is 4.31 Å². The minimum Gasteiger partial charge on any atom is -0.267 e. The first-order valence-corrected chi connectivity index (χ1v) is 9.44. The van der Waals surface area contributed by atoms with Gasteiger partial charge in [0.1, 0.15) is 0 Å². The fourth-order valence-electron chi connectivity index (χ4n) is 2.96. The highest BCUT2D eigenvalue weighted by molar-refractivity contribution is 8.36. The SMILES string of the molecule is CC(C)=CCS1(N(C)C)C=CC(C2CCCCC2)=C1. The fraction of sp³-hybridized carbons (Fsp3) is 0.647. The molecule has 1 heterocycles. The van der Waals surface area contributed by atoms with Gasteiger partial charge >= 0.3 is 0 Å². The van der Waals surface area contributed by atoms with Gasteiger partial charge in [-0.3, -0.25) is 4.31 Å². The molecule has 19 heavy (non-hydrogen) atoms. The summed E-state index contributed by atoms with van der Waals surface area (Å²) in [5.74, 6) is 2.01. The first kappa shape index (κ1) is 14.9. The second kappa shape index (κ2) is 6.32. The maximum absolute atomic E-state index is 2.61. The van der Waals surface area contributed by atoms with E-state index in [2.05, 4.69) is 55.2 Å². The molecule has 0 radical (unpaired) electrons. The summed E-state index contributed by atoms with van der Waals surface area (Å²) >= 11 is 0. The molecule has 0 amide bonds. The van der Waals surface area contributed by atoms with Gasteiger partial charge in [0.2, 0.25) is 0 Å². The Balaban J connectivity index is 2.16. The monoisotopic (exact) mass is 279 g/mol. The summed E-state index contributed by atoms with van der Waals surface area (Å²) in [6, 6.07) is 0. The Labute approximate surface area is 120 Å². The first-order valence-electron chi connectivity index (χ1n) is 7.55. The molecular formula is C17H29NS. The summed E-state index contributed by atoms with van der Waals surface area (Å²) in [7, 11) is 3.61. The molecule has 2 rings (SSSR count). The molecule has 0 saturated heterocycles. The lowest BCUT2D eigenvalue weighted by atomic mass is 9.84. The lowest BCUT2D eigenvalue weighted by molar-refractivity contribution is 0.409. The van der Waals surface area contributed by atoms with Gasteiger partial charge in [0.05, 0.1) is 0 Å². The van der Waals surface area contributed by atoms with Gasteiger partial charge < -0.3 is 0 Å². The summed E-state index contributed by atoms with van der Waals surface area (Å²) in [6.45, 7) is 4.40. The van der Waals surface area contributed by atoms with Crippen molar-refractivity contribution in [2.75, 3.05) is 19.8 Å². The number of hydrogen-bond acceptors (Lipinski definition) is 1. The van der Waals surface area contributed by atoms with Gasteiger partial charge in [0.25, 0.3) is 0 Å². The molecule has 1 aliphatic carbocycles. The van der Waals surface area contributed by atoms with Crippen molar-refractivity contribution in [2.24, 2.45) is 5.92 Å². The van der Waals surface area contributed by atoms with Crippen LogP contribution in [-0.4, -0.2) is 24.2 Å². The Morgan fingerprint density at radius 2 is 1.95 bits per heavy atom. The molecule has 0 bridgehead atoms. The Morgan fingerprint density at radius 1 is 1.26 bits per heavy atom. The molecule has 108 valence electrons. The van der Waals surface area contributed by atoms with E-state index in [-0.39, 0.29) is 0 Å². The van der Waals surface area contributed by atoms with E-state index in [1.54, 1.807) is 5.57 Å². The highest BCUT2D eigenvalue weighted by Gasteiger charge is 2.28. The maximum atomic E-state index is 2.61. The Morgan fingerprint density at radius 3 is 2.53 bits per heavy atom. The zero-order valence-electron chi connectivity index (χ0n) is 13.0. The molecular weight excluding hydrogens is 250 g/mol. The molecule has 0 spiro atoms.